The van der Waals surface area contributed by atoms with Gasteiger partial charge in [-0.1, -0.05) is 30.3 Å². The SMILES string of the molecule is O=S1(=O)CCCN1c1ccc2oc(-c3ccc4ccccc4c3)nc2c1. The summed E-state index contributed by atoms with van der Waals surface area (Å²) in [5.41, 5.74) is 2.85. The van der Waals surface area contributed by atoms with E-state index < -0.39 is 10.0 Å². The van der Waals surface area contributed by atoms with Crippen molar-refractivity contribution in [1.29, 1.82) is 0 Å². The van der Waals surface area contributed by atoms with E-state index in [0.29, 0.717) is 35.6 Å². The molecule has 1 saturated heterocycles. The highest BCUT2D eigenvalue weighted by molar-refractivity contribution is 7.93. The molecule has 6 heteroatoms. The van der Waals surface area contributed by atoms with E-state index in [1.165, 1.54) is 4.31 Å². The molecule has 0 spiro atoms. The van der Waals surface area contributed by atoms with Crippen LogP contribution >= 0.6 is 0 Å². The van der Waals surface area contributed by atoms with Gasteiger partial charge in [-0.05, 0) is 47.5 Å². The lowest BCUT2D eigenvalue weighted by atomic mass is 10.1. The molecular weight excluding hydrogens is 348 g/mol. The van der Waals surface area contributed by atoms with Crippen molar-refractivity contribution in [2.75, 3.05) is 16.6 Å². The Labute approximate surface area is 150 Å². The van der Waals surface area contributed by atoms with Crippen LogP contribution in [0.1, 0.15) is 6.42 Å². The van der Waals surface area contributed by atoms with Gasteiger partial charge in [-0.25, -0.2) is 13.4 Å². The minimum Gasteiger partial charge on any atom is -0.436 e. The van der Waals surface area contributed by atoms with E-state index in [1.807, 2.05) is 30.3 Å². The van der Waals surface area contributed by atoms with Crippen molar-refractivity contribution in [3.05, 3.63) is 60.7 Å². The zero-order chi connectivity index (χ0) is 17.7. The van der Waals surface area contributed by atoms with Gasteiger partial charge in [0.1, 0.15) is 5.52 Å². The van der Waals surface area contributed by atoms with E-state index in [2.05, 4.69) is 17.1 Å². The lowest BCUT2D eigenvalue weighted by Crippen LogP contribution is -2.24. The summed E-state index contributed by atoms with van der Waals surface area (Å²) in [4.78, 5) is 4.58. The fraction of sp³-hybridized carbons (Fsp3) is 0.150. The van der Waals surface area contributed by atoms with Crippen molar-refractivity contribution >= 4 is 37.6 Å². The number of fused-ring (bicyclic) bond motifs is 2. The zero-order valence-corrected chi connectivity index (χ0v) is 14.7. The van der Waals surface area contributed by atoms with Crippen molar-refractivity contribution in [2.24, 2.45) is 0 Å². The van der Waals surface area contributed by atoms with Crippen molar-refractivity contribution in [3.8, 4) is 11.5 Å². The first-order valence-corrected chi connectivity index (χ1v) is 10.1. The smallest absolute Gasteiger partial charge is 0.235 e. The molecule has 5 rings (SSSR count). The summed E-state index contributed by atoms with van der Waals surface area (Å²) >= 11 is 0. The molecule has 26 heavy (non-hydrogen) atoms. The predicted octanol–water partition coefficient (Wildman–Crippen LogP) is 4.19. The molecule has 0 N–H and O–H groups in total. The molecule has 0 radical (unpaired) electrons. The van der Waals surface area contributed by atoms with Crippen molar-refractivity contribution in [1.82, 2.24) is 4.98 Å². The van der Waals surface area contributed by atoms with Gasteiger partial charge in [-0.2, -0.15) is 0 Å². The van der Waals surface area contributed by atoms with Gasteiger partial charge < -0.3 is 4.42 Å². The van der Waals surface area contributed by atoms with Gasteiger partial charge in [0.2, 0.25) is 15.9 Å². The maximum Gasteiger partial charge on any atom is 0.235 e. The number of sulfonamides is 1. The molecule has 0 saturated carbocycles. The Kier molecular flexibility index (Phi) is 3.30. The first-order valence-electron chi connectivity index (χ1n) is 8.50. The third kappa shape index (κ3) is 2.45. The molecule has 2 heterocycles. The lowest BCUT2D eigenvalue weighted by molar-refractivity contribution is 0.599. The number of rotatable bonds is 2. The predicted molar refractivity (Wildman–Crippen MR) is 103 cm³/mol. The molecule has 130 valence electrons. The summed E-state index contributed by atoms with van der Waals surface area (Å²) in [5.74, 6) is 0.735. The molecule has 0 unspecified atom stereocenters. The quantitative estimate of drug-likeness (QED) is 0.535. The minimum absolute atomic E-state index is 0.201. The van der Waals surface area contributed by atoms with Gasteiger partial charge in [0.05, 0.1) is 11.4 Å². The average molecular weight is 364 g/mol. The Morgan fingerprint density at radius 1 is 0.962 bits per heavy atom. The molecule has 0 atom stereocenters. The third-order valence-corrected chi connectivity index (χ3v) is 6.62. The average Bonchev–Trinajstić information content (AvgIpc) is 3.23. The van der Waals surface area contributed by atoms with Crippen molar-refractivity contribution < 1.29 is 12.8 Å². The van der Waals surface area contributed by atoms with Crippen LogP contribution < -0.4 is 4.31 Å². The fourth-order valence-corrected chi connectivity index (χ4v) is 5.00. The number of nitrogens with zero attached hydrogens (tertiary/aromatic N) is 2. The van der Waals surface area contributed by atoms with E-state index in [9.17, 15) is 8.42 Å². The summed E-state index contributed by atoms with van der Waals surface area (Å²) in [7, 11) is -3.20. The largest absolute Gasteiger partial charge is 0.436 e. The summed E-state index contributed by atoms with van der Waals surface area (Å²) in [5, 5.41) is 2.28. The summed E-state index contributed by atoms with van der Waals surface area (Å²) in [6.07, 6.45) is 0.654. The van der Waals surface area contributed by atoms with Gasteiger partial charge in [-0.15, -0.1) is 0 Å². The minimum atomic E-state index is -3.20. The van der Waals surface area contributed by atoms with Gasteiger partial charge in [-0.3, -0.25) is 4.31 Å². The Morgan fingerprint density at radius 2 is 1.81 bits per heavy atom. The van der Waals surface area contributed by atoms with Crippen LogP contribution in [0.5, 0.6) is 0 Å². The molecule has 3 aromatic carbocycles. The number of aromatic nitrogens is 1. The Bertz CT molecular complexity index is 1240. The van der Waals surface area contributed by atoms with Crippen LogP contribution in [0, 0.1) is 0 Å². The molecule has 1 aliphatic heterocycles. The number of benzene rings is 3. The van der Waals surface area contributed by atoms with Crippen LogP contribution in [0.15, 0.2) is 65.1 Å². The molecule has 1 aliphatic rings. The number of hydrogen-bond acceptors (Lipinski definition) is 4. The second kappa shape index (κ2) is 5.57. The summed E-state index contributed by atoms with van der Waals surface area (Å²) in [6, 6.07) is 19.6. The van der Waals surface area contributed by atoms with Crippen LogP contribution in [0.3, 0.4) is 0 Å². The van der Waals surface area contributed by atoms with E-state index in [4.69, 9.17) is 4.42 Å². The Hall–Kier alpha value is -2.86. The highest BCUT2D eigenvalue weighted by atomic mass is 32.2. The van der Waals surface area contributed by atoms with Crippen LogP contribution in [-0.2, 0) is 10.0 Å². The number of oxazole rings is 1. The monoisotopic (exact) mass is 364 g/mol. The van der Waals surface area contributed by atoms with Crippen LogP contribution in [0.25, 0.3) is 33.3 Å². The van der Waals surface area contributed by atoms with Gasteiger partial charge >= 0.3 is 0 Å². The molecule has 1 aromatic heterocycles. The van der Waals surface area contributed by atoms with Crippen molar-refractivity contribution in [2.45, 2.75) is 6.42 Å². The van der Waals surface area contributed by atoms with Crippen LogP contribution in [-0.4, -0.2) is 25.7 Å². The number of hydrogen-bond donors (Lipinski definition) is 0. The van der Waals surface area contributed by atoms with Gasteiger partial charge in [0, 0.05) is 12.1 Å². The standard InChI is InChI=1S/C20H16N2O3S/c23-26(24)11-3-10-22(26)17-8-9-19-18(13-17)21-20(25-19)16-7-6-14-4-1-2-5-15(14)12-16/h1-2,4-9,12-13H,3,10-11H2. The normalized spacial score (nSPS) is 16.5. The highest BCUT2D eigenvalue weighted by Crippen LogP contribution is 2.31. The van der Waals surface area contributed by atoms with E-state index in [-0.39, 0.29) is 5.75 Å². The van der Waals surface area contributed by atoms with Crippen molar-refractivity contribution in [3.63, 3.8) is 0 Å². The van der Waals surface area contributed by atoms with Gasteiger partial charge in [0.25, 0.3) is 0 Å². The second-order valence-electron chi connectivity index (χ2n) is 6.47. The molecule has 4 aromatic rings. The molecule has 0 aliphatic carbocycles. The first kappa shape index (κ1) is 15.4. The third-order valence-electron chi connectivity index (χ3n) is 4.75. The molecule has 5 nitrogen and oxygen atoms in total. The first-order chi connectivity index (χ1) is 12.6. The molecular formula is C20H16N2O3S. The zero-order valence-electron chi connectivity index (χ0n) is 13.9. The van der Waals surface area contributed by atoms with Gasteiger partial charge in [0.15, 0.2) is 5.58 Å². The van der Waals surface area contributed by atoms with E-state index >= 15 is 0 Å². The Morgan fingerprint density at radius 3 is 2.62 bits per heavy atom. The maximum absolute atomic E-state index is 12.1. The fourth-order valence-electron chi connectivity index (χ4n) is 3.45. The summed E-state index contributed by atoms with van der Waals surface area (Å²) in [6.45, 7) is 0.517. The molecule has 0 amide bonds. The molecule has 0 bridgehead atoms. The molecule has 1 fully saturated rings. The maximum atomic E-state index is 12.1. The Balaban J connectivity index is 1.59. The van der Waals surface area contributed by atoms with Crippen LogP contribution in [0.4, 0.5) is 5.69 Å². The number of anilines is 1. The second-order valence-corrected chi connectivity index (χ2v) is 8.49. The van der Waals surface area contributed by atoms with Crippen LogP contribution in [0.2, 0.25) is 0 Å². The highest BCUT2D eigenvalue weighted by Gasteiger charge is 2.28. The van der Waals surface area contributed by atoms with E-state index in [0.717, 1.165) is 16.3 Å². The summed E-state index contributed by atoms with van der Waals surface area (Å²) < 4.78 is 31.6. The topological polar surface area (TPSA) is 63.4 Å². The lowest BCUT2D eigenvalue weighted by Gasteiger charge is -2.16. The van der Waals surface area contributed by atoms with E-state index in [1.54, 1.807) is 18.2 Å².